The van der Waals surface area contributed by atoms with Crippen LogP contribution in [-0.4, -0.2) is 20.5 Å². The summed E-state index contributed by atoms with van der Waals surface area (Å²) in [5.74, 6) is -0.271. The van der Waals surface area contributed by atoms with Gasteiger partial charge >= 0.3 is 0 Å². The quantitative estimate of drug-likeness (QED) is 0.850. The van der Waals surface area contributed by atoms with E-state index < -0.39 is 0 Å². The number of hydrogen-bond acceptors (Lipinski definition) is 5. The van der Waals surface area contributed by atoms with E-state index in [4.69, 9.17) is 11.6 Å². The largest absolute Gasteiger partial charge is 0.319 e. The van der Waals surface area contributed by atoms with Crippen LogP contribution in [0.15, 0.2) is 12.3 Å². The number of amides is 1. The van der Waals surface area contributed by atoms with E-state index in [9.17, 15) is 4.79 Å². The lowest BCUT2D eigenvalue weighted by molar-refractivity contribution is 0.103. The summed E-state index contributed by atoms with van der Waals surface area (Å²) in [7, 11) is 0. The van der Waals surface area contributed by atoms with Gasteiger partial charge in [0, 0.05) is 6.20 Å². The van der Waals surface area contributed by atoms with Gasteiger partial charge < -0.3 is 5.32 Å². The molecule has 1 N–H and O–H groups in total. The van der Waals surface area contributed by atoms with Gasteiger partial charge in [-0.15, -0.1) is 5.10 Å². The van der Waals surface area contributed by atoms with E-state index in [0.717, 1.165) is 17.1 Å². The zero-order valence-electron chi connectivity index (χ0n) is 9.19. The van der Waals surface area contributed by atoms with Gasteiger partial charge in [0.15, 0.2) is 5.15 Å². The topological polar surface area (TPSA) is 67.8 Å². The first kappa shape index (κ1) is 11.9. The number of carbonyl (C=O) groups is 1. The van der Waals surface area contributed by atoms with Crippen LogP contribution in [0.5, 0.6) is 0 Å². The van der Waals surface area contributed by atoms with Crippen molar-refractivity contribution in [3.63, 3.8) is 0 Å². The average molecular weight is 269 g/mol. The summed E-state index contributed by atoms with van der Waals surface area (Å²) in [5, 5.41) is 6.73. The summed E-state index contributed by atoms with van der Waals surface area (Å²) in [4.78, 5) is 16.3. The number of rotatable bonds is 2. The Balaban J connectivity index is 2.24. The van der Waals surface area contributed by atoms with Crippen LogP contribution in [0.1, 0.15) is 20.9 Å². The SMILES string of the molecule is Cc1cnc(Cl)c(NC(=O)c2snnc2C)c1. The van der Waals surface area contributed by atoms with Crippen LogP contribution >= 0.6 is 23.1 Å². The van der Waals surface area contributed by atoms with Crippen molar-refractivity contribution in [1.82, 2.24) is 14.6 Å². The normalized spacial score (nSPS) is 10.3. The van der Waals surface area contributed by atoms with E-state index in [2.05, 4.69) is 19.9 Å². The highest BCUT2D eigenvalue weighted by Crippen LogP contribution is 2.21. The van der Waals surface area contributed by atoms with Crippen LogP contribution in [0, 0.1) is 13.8 Å². The number of nitrogens with one attached hydrogen (secondary N) is 1. The second-order valence-corrected chi connectivity index (χ2v) is 4.60. The molecule has 2 aromatic heterocycles. The molecule has 0 spiro atoms. The molecule has 0 aliphatic heterocycles. The number of aryl methyl sites for hydroxylation is 2. The first-order valence-corrected chi connectivity index (χ1v) is 5.95. The third-order valence-corrected chi connectivity index (χ3v) is 3.21. The lowest BCUT2D eigenvalue weighted by Crippen LogP contribution is -2.12. The molecular formula is C10H9ClN4OS. The third kappa shape index (κ3) is 2.59. The standard InChI is InChI=1S/C10H9ClN4OS/c1-5-3-7(9(11)12-4-5)13-10(16)8-6(2)14-15-17-8/h3-4H,1-2H3,(H,13,16). The van der Waals surface area contributed by atoms with Crippen molar-refractivity contribution in [3.05, 3.63) is 33.6 Å². The second-order valence-electron chi connectivity index (χ2n) is 3.49. The van der Waals surface area contributed by atoms with E-state index in [0.29, 0.717) is 16.3 Å². The van der Waals surface area contributed by atoms with Gasteiger partial charge in [-0.3, -0.25) is 4.79 Å². The molecule has 0 saturated carbocycles. The van der Waals surface area contributed by atoms with Gasteiger partial charge in [-0.05, 0) is 37.0 Å². The molecule has 2 rings (SSSR count). The van der Waals surface area contributed by atoms with Gasteiger partial charge in [0.2, 0.25) is 0 Å². The van der Waals surface area contributed by atoms with Crippen molar-refractivity contribution >= 4 is 34.7 Å². The fourth-order valence-electron chi connectivity index (χ4n) is 1.26. The minimum atomic E-state index is -0.271. The van der Waals surface area contributed by atoms with Crippen LogP contribution < -0.4 is 5.32 Å². The van der Waals surface area contributed by atoms with Crippen LogP contribution in [0.3, 0.4) is 0 Å². The van der Waals surface area contributed by atoms with E-state index in [1.165, 1.54) is 0 Å². The van der Waals surface area contributed by atoms with Crippen LogP contribution in [0.2, 0.25) is 5.15 Å². The highest BCUT2D eigenvalue weighted by atomic mass is 35.5. The fraction of sp³-hybridized carbons (Fsp3) is 0.200. The Hall–Kier alpha value is -1.53. The molecule has 0 aliphatic rings. The molecule has 2 aromatic rings. The van der Waals surface area contributed by atoms with E-state index >= 15 is 0 Å². The minimum absolute atomic E-state index is 0.263. The predicted molar refractivity (Wildman–Crippen MR) is 66.6 cm³/mol. The number of hydrogen-bond donors (Lipinski definition) is 1. The van der Waals surface area contributed by atoms with Crippen LogP contribution in [0.25, 0.3) is 0 Å². The molecule has 2 heterocycles. The van der Waals surface area contributed by atoms with Gasteiger partial charge in [-0.1, -0.05) is 16.1 Å². The number of anilines is 1. The Morgan fingerprint density at radius 2 is 2.24 bits per heavy atom. The molecule has 0 aromatic carbocycles. The maximum atomic E-state index is 11.9. The number of halogens is 1. The van der Waals surface area contributed by atoms with Crippen molar-refractivity contribution in [2.24, 2.45) is 0 Å². The summed E-state index contributed by atoms with van der Waals surface area (Å²) in [6.45, 7) is 3.60. The summed E-state index contributed by atoms with van der Waals surface area (Å²) < 4.78 is 3.71. The number of nitrogens with zero attached hydrogens (tertiary/aromatic N) is 3. The molecule has 1 amide bonds. The van der Waals surface area contributed by atoms with Crippen molar-refractivity contribution in [2.45, 2.75) is 13.8 Å². The Morgan fingerprint density at radius 1 is 1.47 bits per heavy atom. The van der Waals surface area contributed by atoms with Crippen molar-refractivity contribution in [2.75, 3.05) is 5.32 Å². The van der Waals surface area contributed by atoms with Gasteiger partial charge in [0.1, 0.15) is 4.88 Å². The van der Waals surface area contributed by atoms with Crippen LogP contribution in [0.4, 0.5) is 5.69 Å². The molecule has 7 heteroatoms. The first-order valence-electron chi connectivity index (χ1n) is 4.80. The van der Waals surface area contributed by atoms with Crippen LogP contribution in [-0.2, 0) is 0 Å². The van der Waals surface area contributed by atoms with Crippen molar-refractivity contribution < 1.29 is 4.79 Å². The number of aromatic nitrogens is 3. The minimum Gasteiger partial charge on any atom is -0.319 e. The van der Waals surface area contributed by atoms with Gasteiger partial charge in [-0.2, -0.15) is 0 Å². The fourth-order valence-corrected chi connectivity index (χ4v) is 1.96. The Bertz CT molecular complexity index is 569. The first-order chi connectivity index (χ1) is 8.08. The van der Waals surface area contributed by atoms with Gasteiger partial charge in [0.25, 0.3) is 5.91 Å². The Morgan fingerprint density at radius 3 is 2.88 bits per heavy atom. The Labute approximate surface area is 107 Å². The second kappa shape index (κ2) is 4.77. The average Bonchev–Trinajstić information content (AvgIpc) is 2.70. The molecule has 0 radical (unpaired) electrons. The molecule has 17 heavy (non-hydrogen) atoms. The monoisotopic (exact) mass is 268 g/mol. The maximum Gasteiger partial charge on any atom is 0.269 e. The summed E-state index contributed by atoms with van der Waals surface area (Å²) in [6.07, 6.45) is 1.64. The molecule has 88 valence electrons. The van der Waals surface area contributed by atoms with E-state index in [1.54, 1.807) is 19.2 Å². The maximum absolute atomic E-state index is 11.9. The highest BCUT2D eigenvalue weighted by Gasteiger charge is 2.14. The molecule has 5 nitrogen and oxygen atoms in total. The predicted octanol–water partition coefficient (Wildman–Crippen LogP) is 2.46. The lowest BCUT2D eigenvalue weighted by atomic mass is 10.3. The number of carbonyl (C=O) groups excluding carboxylic acids is 1. The van der Waals surface area contributed by atoms with Gasteiger partial charge in [-0.25, -0.2) is 4.98 Å². The molecule has 0 atom stereocenters. The molecule has 0 saturated heterocycles. The smallest absolute Gasteiger partial charge is 0.269 e. The summed E-state index contributed by atoms with van der Waals surface area (Å²) >= 11 is 6.94. The molecule has 0 bridgehead atoms. The summed E-state index contributed by atoms with van der Waals surface area (Å²) in [6, 6.07) is 1.76. The van der Waals surface area contributed by atoms with Crippen molar-refractivity contribution in [3.8, 4) is 0 Å². The third-order valence-electron chi connectivity index (χ3n) is 2.08. The molecular weight excluding hydrogens is 260 g/mol. The molecule has 0 unspecified atom stereocenters. The molecule has 0 aliphatic carbocycles. The van der Waals surface area contributed by atoms with E-state index in [-0.39, 0.29) is 11.1 Å². The highest BCUT2D eigenvalue weighted by molar-refractivity contribution is 7.08. The zero-order chi connectivity index (χ0) is 12.4. The zero-order valence-corrected chi connectivity index (χ0v) is 10.8. The lowest BCUT2D eigenvalue weighted by Gasteiger charge is -2.06. The van der Waals surface area contributed by atoms with E-state index in [1.807, 2.05) is 6.92 Å². The van der Waals surface area contributed by atoms with Gasteiger partial charge in [0.05, 0.1) is 11.4 Å². The van der Waals surface area contributed by atoms with Crippen molar-refractivity contribution in [1.29, 1.82) is 0 Å². The number of pyridine rings is 1. The summed E-state index contributed by atoms with van der Waals surface area (Å²) in [5.41, 5.74) is 2.01. The Kier molecular flexibility index (Phi) is 3.35. The molecule has 0 fully saturated rings.